The lowest BCUT2D eigenvalue weighted by Gasteiger charge is -2.07. The van der Waals surface area contributed by atoms with Gasteiger partial charge in [-0.15, -0.1) is 0 Å². The molecule has 0 amide bonds. The van der Waals surface area contributed by atoms with Crippen molar-refractivity contribution in [2.75, 3.05) is 0 Å². The summed E-state index contributed by atoms with van der Waals surface area (Å²) in [4.78, 5) is 16.3. The molecule has 1 aromatic carbocycles. The third-order valence-electron chi connectivity index (χ3n) is 2.42. The summed E-state index contributed by atoms with van der Waals surface area (Å²) in [5.41, 5.74) is 0.675. The maximum absolute atomic E-state index is 12.0. The molecule has 0 aliphatic heterocycles. The number of nitrogens with zero attached hydrogens (tertiary/aromatic N) is 2. The fourth-order valence-electron chi connectivity index (χ4n) is 1.68. The highest BCUT2D eigenvalue weighted by Crippen LogP contribution is 2.14. The maximum atomic E-state index is 12.0. The van der Waals surface area contributed by atoms with E-state index in [1.165, 1.54) is 0 Å². The predicted octanol–water partition coefficient (Wildman–Crippen LogP) is 3.40. The molecule has 0 atom stereocenters. The lowest BCUT2D eigenvalue weighted by Crippen LogP contribution is -2.22. The summed E-state index contributed by atoms with van der Waals surface area (Å²) < 4.78 is 1.64. The van der Waals surface area contributed by atoms with Gasteiger partial charge in [-0.3, -0.25) is 9.36 Å². The van der Waals surface area contributed by atoms with Crippen LogP contribution in [0.5, 0.6) is 0 Å². The number of fused-ring (bicyclic) bond motifs is 1. The van der Waals surface area contributed by atoms with Crippen LogP contribution in [0.25, 0.3) is 10.9 Å². The van der Waals surface area contributed by atoms with Crippen LogP contribution in [0.15, 0.2) is 23.0 Å². The van der Waals surface area contributed by atoms with Gasteiger partial charge in [-0.05, 0) is 32.0 Å². The average molecular weight is 253 g/mol. The van der Waals surface area contributed by atoms with Crippen LogP contribution in [0.1, 0.15) is 26.6 Å². The molecule has 17 heavy (non-hydrogen) atoms. The third-order valence-corrected chi connectivity index (χ3v) is 2.66. The molecule has 0 saturated heterocycles. The first-order valence-electron chi connectivity index (χ1n) is 5.80. The van der Waals surface area contributed by atoms with Crippen molar-refractivity contribution in [1.29, 1.82) is 0 Å². The first kappa shape index (κ1) is 13.7. The Balaban J connectivity index is 0.000000686. The summed E-state index contributed by atoms with van der Waals surface area (Å²) in [5.74, 6) is 0.734. The van der Waals surface area contributed by atoms with Crippen molar-refractivity contribution in [2.45, 2.75) is 34.2 Å². The second-order valence-corrected chi connectivity index (χ2v) is 3.81. The largest absolute Gasteiger partial charge is 0.297 e. The van der Waals surface area contributed by atoms with Crippen molar-refractivity contribution in [3.05, 3.63) is 39.4 Å². The highest BCUT2D eigenvalue weighted by molar-refractivity contribution is 6.31. The van der Waals surface area contributed by atoms with Gasteiger partial charge in [0, 0.05) is 11.6 Å². The standard InChI is InChI=1S/C11H11ClN2O.C2H6/c1-3-14-7(2)13-10-5-4-8(12)6-9(10)11(14)15;1-2/h4-6H,3H2,1-2H3;1-2H3. The highest BCUT2D eigenvalue weighted by Gasteiger charge is 2.06. The quantitative estimate of drug-likeness (QED) is 0.780. The van der Waals surface area contributed by atoms with Crippen LogP contribution >= 0.6 is 11.6 Å². The molecule has 2 rings (SSSR count). The molecule has 0 bridgehead atoms. The summed E-state index contributed by atoms with van der Waals surface area (Å²) in [6.45, 7) is 8.38. The molecule has 0 unspecified atom stereocenters. The topological polar surface area (TPSA) is 34.9 Å². The third kappa shape index (κ3) is 2.67. The molecule has 0 aliphatic carbocycles. The highest BCUT2D eigenvalue weighted by atomic mass is 35.5. The summed E-state index contributed by atoms with van der Waals surface area (Å²) in [5, 5.41) is 1.14. The van der Waals surface area contributed by atoms with Crippen molar-refractivity contribution < 1.29 is 0 Å². The van der Waals surface area contributed by atoms with Crippen LogP contribution in [-0.4, -0.2) is 9.55 Å². The molecule has 92 valence electrons. The smallest absolute Gasteiger partial charge is 0.261 e. The molecule has 1 aromatic heterocycles. The Kier molecular flexibility index (Phi) is 4.70. The minimum atomic E-state index is -0.0255. The Bertz CT molecular complexity index is 575. The summed E-state index contributed by atoms with van der Waals surface area (Å²) in [7, 11) is 0. The van der Waals surface area contributed by atoms with E-state index >= 15 is 0 Å². The molecule has 0 N–H and O–H groups in total. The van der Waals surface area contributed by atoms with Gasteiger partial charge in [0.15, 0.2) is 0 Å². The molecule has 3 nitrogen and oxygen atoms in total. The van der Waals surface area contributed by atoms with E-state index < -0.39 is 0 Å². The first-order chi connectivity index (χ1) is 8.13. The van der Waals surface area contributed by atoms with E-state index in [4.69, 9.17) is 11.6 Å². The fraction of sp³-hybridized carbons (Fsp3) is 0.385. The van der Waals surface area contributed by atoms with Gasteiger partial charge in [0.25, 0.3) is 5.56 Å². The van der Waals surface area contributed by atoms with Crippen molar-refractivity contribution in [3.63, 3.8) is 0 Å². The number of hydrogen-bond donors (Lipinski definition) is 0. The second-order valence-electron chi connectivity index (χ2n) is 3.37. The lowest BCUT2D eigenvalue weighted by atomic mass is 10.2. The van der Waals surface area contributed by atoms with Crippen LogP contribution < -0.4 is 5.56 Å². The van der Waals surface area contributed by atoms with Gasteiger partial charge in [-0.25, -0.2) is 4.98 Å². The molecule has 0 aliphatic rings. The molecular weight excluding hydrogens is 236 g/mol. The van der Waals surface area contributed by atoms with E-state index in [9.17, 15) is 4.79 Å². The monoisotopic (exact) mass is 252 g/mol. The van der Waals surface area contributed by atoms with Crippen LogP contribution in [0.4, 0.5) is 0 Å². The van der Waals surface area contributed by atoms with E-state index in [0.29, 0.717) is 22.5 Å². The van der Waals surface area contributed by atoms with Gasteiger partial charge in [0.05, 0.1) is 10.9 Å². The number of rotatable bonds is 1. The summed E-state index contributed by atoms with van der Waals surface area (Å²) in [6.07, 6.45) is 0. The molecule has 4 heteroatoms. The van der Waals surface area contributed by atoms with Crippen molar-refractivity contribution in [1.82, 2.24) is 9.55 Å². The zero-order chi connectivity index (χ0) is 13.0. The second kappa shape index (κ2) is 5.82. The molecule has 0 fully saturated rings. The van der Waals surface area contributed by atoms with Crippen LogP contribution in [-0.2, 0) is 6.54 Å². The van der Waals surface area contributed by atoms with Crippen molar-refractivity contribution in [3.8, 4) is 0 Å². The SMILES string of the molecule is CC.CCn1c(C)nc2ccc(Cl)cc2c1=O. The Morgan fingerprint density at radius 2 is 2.00 bits per heavy atom. The number of aromatic nitrogens is 2. The van der Waals surface area contributed by atoms with Crippen molar-refractivity contribution >= 4 is 22.5 Å². The minimum absolute atomic E-state index is 0.0255. The van der Waals surface area contributed by atoms with E-state index in [1.54, 1.807) is 22.8 Å². The van der Waals surface area contributed by atoms with Crippen LogP contribution in [0.3, 0.4) is 0 Å². The predicted molar refractivity (Wildman–Crippen MR) is 72.8 cm³/mol. The van der Waals surface area contributed by atoms with Crippen molar-refractivity contribution in [2.24, 2.45) is 0 Å². The van der Waals surface area contributed by atoms with Gasteiger partial charge in [-0.2, -0.15) is 0 Å². The average Bonchev–Trinajstić information content (AvgIpc) is 2.33. The Hall–Kier alpha value is -1.35. The molecule has 1 heterocycles. The van der Waals surface area contributed by atoms with Gasteiger partial charge in [0.2, 0.25) is 0 Å². The number of halogens is 1. The number of aryl methyl sites for hydroxylation is 1. The minimum Gasteiger partial charge on any atom is -0.297 e. The Labute approximate surface area is 106 Å². The van der Waals surface area contributed by atoms with Crippen LogP contribution in [0.2, 0.25) is 5.02 Å². The molecule has 0 radical (unpaired) electrons. The summed E-state index contributed by atoms with van der Waals surface area (Å²) in [6, 6.07) is 5.18. The molecular formula is C13H17ClN2O. The van der Waals surface area contributed by atoms with Gasteiger partial charge >= 0.3 is 0 Å². The Morgan fingerprint density at radius 3 is 2.59 bits per heavy atom. The van der Waals surface area contributed by atoms with Gasteiger partial charge < -0.3 is 0 Å². The normalized spacial score (nSPS) is 9.94. The Morgan fingerprint density at radius 1 is 1.35 bits per heavy atom. The van der Waals surface area contributed by atoms with E-state index in [2.05, 4.69) is 4.98 Å². The number of hydrogen-bond acceptors (Lipinski definition) is 2. The summed E-state index contributed by atoms with van der Waals surface area (Å²) >= 11 is 5.85. The van der Waals surface area contributed by atoms with Gasteiger partial charge in [-0.1, -0.05) is 25.4 Å². The molecule has 0 saturated carbocycles. The molecule has 0 spiro atoms. The fourth-order valence-corrected chi connectivity index (χ4v) is 1.85. The maximum Gasteiger partial charge on any atom is 0.261 e. The van der Waals surface area contributed by atoms with Crippen LogP contribution in [0, 0.1) is 6.92 Å². The first-order valence-corrected chi connectivity index (χ1v) is 6.18. The van der Waals surface area contributed by atoms with E-state index in [-0.39, 0.29) is 5.56 Å². The zero-order valence-electron chi connectivity index (χ0n) is 10.6. The lowest BCUT2D eigenvalue weighted by molar-refractivity contribution is 0.685. The van der Waals surface area contributed by atoms with Gasteiger partial charge in [0.1, 0.15) is 5.82 Å². The van der Waals surface area contributed by atoms with E-state index in [0.717, 1.165) is 5.82 Å². The molecule has 2 aromatic rings. The van der Waals surface area contributed by atoms with E-state index in [1.807, 2.05) is 27.7 Å². The zero-order valence-corrected chi connectivity index (χ0v) is 11.4. The number of benzene rings is 1.